The number of carbonyl (C=O) groups is 1. The molecule has 0 aliphatic rings. The lowest BCUT2D eigenvalue weighted by Gasteiger charge is -2.22. The van der Waals surface area contributed by atoms with Crippen LogP contribution in [-0.4, -0.2) is 35.5 Å². The first-order valence-corrected chi connectivity index (χ1v) is 14.8. The Morgan fingerprint density at radius 2 is 1.47 bits per heavy atom. The summed E-state index contributed by atoms with van der Waals surface area (Å²) >= 11 is 5.88. The number of carbonyl (C=O) groups excluding carboxylic acids is 1. The Morgan fingerprint density at radius 1 is 0.889 bits per heavy atom. The van der Waals surface area contributed by atoms with Crippen LogP contribution in [0, 0.1) is 13.8 Å². The van der Waals surface area contributed by atoms with Gasteiger partial charge in [0, 0.05) is 23.7 Å². The summed E-state index contributed by atoms with van der Waals surface area (Å²) < 4.78 is 53.8. The van der Waals surface area contributed by atoms with E-state index in [1.54, 1.807) is 24.3 Å². The first-order chi connectivity index (χ1) is 16.9. The van der Waals surface area contributed by atoms with Crippen LogP contribution >= 0.6 is 11.6 Å². The first kappa shape index (κ1) is 27.5. The molecule has 0 heterocycles. The predicted octanol–water partition coefficient (Wildman–Crippen LogP) is 4.94. The Morgan fingerprint density at radius 3 is 2.03 bits per heavy atom. The summed E-state index contributed by atoms with van der Waals surface area (Å²) in [5.74, 6) is -0.316. The van der Waals surface area contributed by atoms with E-state index in [0.717, 1.165) is 17.4 Å². The minimum atomic E-state index is -3.80. The topological polar surface area (TPSA) is 113 Å². The molecule has 0 atom stereocenters. The third-order valence-electron chi connectivity index (χ3n) is 5.45. The molecule has 0 unspecified atom stereocenters. The van der Waals surface area contributed by atoms with E-state index in [2.05, 4.69) is 10.0 Å². The lowest BCUT2D eigenvalue weighted by Crippen LogP contribution is -2.31. The molecule has 11 heteroatoms. The van der Waals surface area contributed by atoms with Gasteiger partial charge in [-0.2, -0.15) is 0 Å². The van der Waals surface area contributed by atoms with Crippen molar-refractivity contribution in [1.29, 1.82) is 0 Å². The fourth-order valence-corrected chi connectivity index (χ4v) is 5.88. The number of hydrogen-bond acceptors (Lipinski definition) is 5. The van der Waals surface area contributed by atoms with Gasteiger partial charge in [-0.3, -0.25) is 13.8 Å². The summed E-state index contributed by atoms with van der Waals surface area (Å²) in [5, 5.41) is 3.20. The second kappa shape index (κ2) is 11.3. The molecule has 0 radical (unpaired) electrons. The number of nitrogens with zero attached hydrogens (tertiary/aromatic N) is 1. The van der Waals surface area contributed by atoms with Gasteiger partial charge in [0.2, 0.25) is 15.9 Å². The molecule has 3 aromatic carbocycles. The second-order valence-corrected chi connectivity index (χ2v) is 12.4. The monoisotopic (exact) mass is 549 g/mol. The molecule has 0 fully saturated rings. The summed E-state index contributed by atoms with van der Waals surface area (Å²) in [7, 11) is -7.34. The highest BCUT2D eigenvalue weighted by Gasteiger charge is 2.19. The maximum atomic E-state index is 12.8. The molecule has 0 saturated carbocycles. The van der Waals surface area contributed by atoms with E-state index in [0.29, 0.717) is 22.1 Å². The van der Waals surface area contributed by atoms with Crippen LogP contribution < -0.4 is 14.3 Å². The van der Waals surface area contributed by atoms with Crippen LogP contribution in [0.2, 0.25) is 5.02 Å². The van der Waals surface area contributed by atoms with Gasteiger partial charge in [-0.05, 0) is 79.9 Å². The smallest absolute Gasteiger partial charge is 0.261 e. The zero-order valence-corrected chi connectivity index (χ0v) is 22.5. The molecular weight excluding hydrogens is 522 g/mol. The number of nitrogens with one attached hydrogen (secondary N) is 2. The number of amides is 1. The lowest BCUT2D eigenvalue weighted by molar-refractivity contribution is -0.116. The number of sulfonamides is 2. The zero-order valence-electron chi connectivity index (χ0n) is 20.2. The molecule has 0 spiro atoms. The zero-order chi connectivity index (χ0) is 26.5. The normalized spacial score (nSPS) is 11.7. The van der Waals surface area contributed by atoms with Crippen molar-refractivity contribution in [3.63, 3.8) is 0 Å². The van der Waals surface area contributed by atoms with Gasteiger partial charge >= 0.3 is 0 Å². The Kier molecular flexibility index (Phi) is 8.65. The van der Waals surface area contributed by atoms with Crippen molar-refractivity contribution >= 4 is 54.6 Å². The van der Waals surface area contributed by atoms with E-state index in [-0.39, 0.29) is 30.2 Å². The van der Waals surface area contributed by atoms with Gasteiger partial charge in [-0.25, -0.2) is 16.8 Å². The van der Waals surface area contributed by atoms with Crippen LogP contribution in [0.25, 0.3) is 0 Å². The fourth-order valence-electron chi connectivity index (χ4n) is 3.59. The van der Waals surface area contributed by atoms with Crippen molar-refractivity contribution in [1.82, 2.24) is 0 Å². The van der Waals surface area contributed by atoms with E-state index < -0.39 is 20.0 Å². The molecule has 2 N–H and O–H groups in total. The number of aryl methyl sites for hydroxylation is 2. The summed E-state index contributed by atoms with van der Waals surface area (Å²) in [4.78, 5) is 12.5. The molecule has 36 heavy (non-hydrogen) atoms. The summed E-state index contributed by atoms with van der Waals surface area (Å²) in [6.07, 6.45) is 1.47. The van der Waals surface area contributed by atoms with Crippen LogP contribution in [0.3, 0.4) is 0 Å². The van der Waals surface area contributed by atoms with Crippen LogP contribution in [0.15, 0.2) is 71.6 Å². The molecule has 0 aliphatic carbocycles. The van der Waals surface area contributed by atoms with Crippen molar-refractivity contribution in [2.24, 2.45) is 0 Å². The number of para-hydroxylation sites is 1. The van der Waals surface area contributed by atoms with E-state index in [9.17, 15) is 21.6 Å². The highest BCUT2D eigenvalue weighted by molar-refractivity contribution is 7.92. The maximum absolute atomic E-state index is 12.8. The summed E-state index contributed by atoms with van der Waals surface area (Å²) in [6.45, 7) is 3.78. The molecule has 0 bridgehead atoms. The molecule has 0 aromatic heterocycles. The van der Waals surface area contributed by atoms with Crippen molar-refractivity contribution in [2.45, 2.75) is 31.6 Å². The maximum Gasteiger partial charge on any atom is 0.261 e. The predicted molar refractivity (Wildman–Crippen MR) is 145 cm³/mol. The third kappa shape index (κ3) is 7.22. The Hall–Kier alpha value is -3.08. The number of rotatable bonds is 10. The van der Waals surface area contributed by atoms with E-state index in [4.69, 9.17) is 11.6 Å². The fraction of sp³-hybridized carbons (Fsp3) is 0.240. The molecule has 0 aliphatic heterocycles. The first-order valence-electron chi connectivity index (χ1n) is 11.1. The highest BCUT2D eigenvalue weighted by Crippen LogP contribution is 2.24. The molecule has 3 aromatic rings. The summed E-state index contributed by atoms with van der Waals surface area (Å²) in [5.41, 5.74) is 3.06. The quantitative estimate of drug-likeness (QED) is 0.372. The third-order valence-corrected chi connectivity index (χ3v) is 8.26. The van der Waals surface area contributed by atoms with Gasteiger partial charge < -0.3 is 5.32 Å². The number of halogens is 1. The van der Waals surface area contributed by atoms with Gasteiger partial charge in [0.25, 0.3) is 10.0 Å². The highest BCUT2D eigenvalue weighted by atomic mass is 35.5. The van der Waals surface area contributed by atoms with E-state index in [1.807, 2.05) is 32.0 Å². The second-order valence-electron chi connectivity index (χ2n) is 8.36. The lowest BCUT2D eigenvalue weighted by atomic mass is 10.1. The van der Waals surface area contributed by atoms with Crippen molar-refractivity contribution in [3.8, 4) is 0 Å². The van der Waals surface area contributed by atoms with Gasteiger partial charge in [0.05, 0.1) is 22.5 Å². The Bertz CT molecular complexity index is 1420. The van der Waals surface area contributed by atoms with Crippen LogP contribution in [0.4, 0.5) is 17.1 Å². The van der Waals surface area contributed by atoms with Crippen molar-refractivity contribution in [3.05, 3.63) is 82.9 Å². The number of anilines is 3. The largest absolute Gasteiger partial charge is 0.326 e. The number of hydrogen-bond donors (Lipinski definition) is 2. The minimum Gasteiger partial charge on any atom is -0.326 e. The molecule has 8 nitrogen and oxygen atoms in total. The Labute approximate surface area is 217 Å². The SMILES string of the molecule is Cc1cccc(C)c1NS(=O)(=O)c1ccc(NC(=O)CCCN(c2ccc(Cl)cc2)S(C)(=O)=O)cc1. The van der Waals surface area contributed by atoms with Crippen molar-refractivity contribution in [2.75, 3.05) is 27.1 Å². The van der Waals surface area contributed by atoms with Crippen LogP contribution in [0.5, 0.6) is 0 Å². The van der Waals surface area contributed by atoms with Gasteiger partial charge in [-0.15, -0.1) is 0 Å². The molecule has 0 saturated heterocycles. The number of benzene rings is 3. The molecule has 3 rings (SSSR count). The van der Waals surface area contributed by atoms with Gasteiger partial charge in [0.15, 0.2) is 0 Å². The molecule has 192 valence electrons. The van der Waals surface area contributed by atoms with E-state index >= 15 is 0 Å². The van der Waals surface area contributed by atoms with Gasteiger partial charge in [-0.1, -0.05) is 29.8 Å². The average molecular weight is 550 g/mol. The average Bonchev–Trinajstić information content (AvgIpc) is 2.80. The van der Waals surface area contributed by atoms with Crippen LogP contribution in [0.1, 0.15) is 24.0 Å². The molecular formula is C25H28ClN3O5S2. The molecule has 1 amide bonds. The summed E-state index contributed by atoms with van der Waals surface area (Å²) in [6, 6.07) is 17.8. The van der Waals surface area contributed by atoms with Gasteiger partial charge in [0.1, 0.15) is 0 Å². The standard InChI is InChI=1S/C25H28ClN3O5S2/c1-18-6-4-7-19(2)25(18)28-36(33,34)23-15-11-21(12-16-23)27-24(30)8-5-17-29(35(3,31)32)22-13-9-20(26)10-14-22/h4,6-7,9-16,28H,5,8,17H2,1-3H3,(H,27,30). The minimum absolute atomic E-state index is 0.0647. The van der Waals surface area contributed by atoms with Crippen LogP contribution in [-0.2, 0) is 24.8 Å². The van der Waals surface area contributed by atoms with E-state index in [1.165, 1.54) is 28.6 Å². The Balaban J connectivity index is 1.59. The van der Waals surface area contributed by atoms with Crippen molar-refractivity contribution < 1.29 is 21.6 Å².